The summed E-state index contributed by atoms with van der Waals surface area (Å²) in [5, 5.41) is 8.28. The standard InChI is InChI=1S/C22H40N4O6/c1-9-14(4)16(23-21(30)32-22(5,6)7)18(27)24-17(13(2)3)25-20(29)26-12-10-11-15(26)19(28)31-8/h13-17H,9-12H2,1-8H3,(H,23,30)(H,24,27)(H,25,29)/t14-,15-,16-,17+/m0/s1. The first-order valence-electron chi connectivity index (χ1n) is 11.3. The summed E-state index contributed by atoms with van der Waals surface area (Å²) in [5.41, 5.74) is -0.694. The van der Waals surface area contributed by atoms with Crippen LogP contribution in [0.3, 0.4) is 0 Å². The number of esters is 1. The molecule has 0 unspecified atom stereocenters. The van der Waals surface area contributed by atoms with Gasteiger partial charge in [0.15, 0.2) is 0 Å². The Balaban J connectivity index is 2.89. The van der Waals surface area contributed by atoms with Crippen LogP contribution < -0.4 is 16.0 Å². The van der Waals surface area contributed by atoms with E-state index in [4.69, 9.17) is 9.47 Å². The maximum Gasteiger partial charge on any atom is 0.408 e. The van der Waals surface area contributed by atoms with E-state index in [-0.39, 0.29) is 11.8 Å². The van der Waals surface area contributed by atoms with E-state index in [2.05, 4.69) is 16.0 Å². The van der Waals surface area contributed by atoms with Crippen molar-refractivity contribution in [3.05, 3.63) is 0 Å². The molecule has 32 heavy (non-hydrogen) atoms. The van der Waals surface area contributed by atoms with Crippen LogP contribution in [0.4, 0.5) is 9.59 Å². The quantitative estimate of drug-likeness (QED) is 0.380. The fraction of sp³-hybridized carbons (Fsp3) is 0.818. The molecular formula is C22H40N4O6. The number of nitrogens with one attached hydrogen (secondary N) is 3. The van der Waals surface area contributed by atoms with Gasteiger partial charge < -0.3 is 30.3 Å². The van der Waals surface area contributed by atoms with Crippen molar-refractivity contribution in [2.75, 3.05) is 13.7 Å². The van der Waals surface area contributed by atoms with Crippen molar-refractivity contribution in [3.63, 3.8) is 0 Å². The second-order valence-electron chi connectivity index (χ2n) is 9.56. The smallest absolute Gasteiger partial charge is 0.408 e. The minimum absolute atomic E-state index is 0.138. The van der Waals surface area contributed by atoms with Gasteiger partial charge in [-0.3, -0.25) is 4.79 Å². The normalized spacial score (nSPS) is 19.0. The number of rotatable bonds is 8. The summed E-state index contributed by atoms with van der Waals surface area (Å²) >= 11 is 0. The molecular weight excluding hydrogens is 416 g/mol. The number of amides is 4. The molecule has 1 rings (SSSR count). The predicted molar refractivity (Wildman–Crippen MR) is 120 cm³/mol. The summed E-state index contributed by atoms with van der Waals surface area (Å²) in [6.45, 7) is 13.2. The van der Waals surface area contributed by atoms with Crippen LogP contribution in [0.15, 0.2) is 0 Å². The maximum atomic E-state index is 13.1. The Hall–Kier alpha value is -2.52. The molecule has 3 N–H and O–H groups in total. The van der Waals surface area contributed by atoms with Crippen LogP contribution in [-0.4, -0.2) is 66.4 Å². The highest BCUT2D eigenvalue weighted by atomic mass is 16.6. The summed E-state index contributed by atoms with van der Waals surface area (Å²) in [4.78, 5) is 51.5. The summed E-state index contributed by atoms with van der Waals surface area (Å²) in [6.07, 6.45) is 0.513. The molecule has 1 saturated heterocycles. The van der Waals surface area contributed by atoms with Crippen molar-refractivity contribution >= 4 is 24.0 Å². The Morgan fingerprint density at radius 3 is 2.19 bits per heavy atom. The molecule has 0 aliphatic carbocycles. The summed E-state index contributed by atoms with van der Waals surface area (Å²) < 4.78 is 10.1. The first kappa shape index (κ1) is 27.5. The predicted octanol–water partition coefficient (Wildman–Crippen LogP) is 2.37. The van der Waals surface area contributed by atoms with E-state index in [1.54, 1.807) is 20.8 Å². The second-order valence-corrected chi connectivity index (χ2v) is 9.56. The van der Waals surface area contributed by atoms with E-state index < -0.39 is 47.9 Å². The number of hydrogen-bond acceptors (Lipinski definition) is 6. The summed E-state index contributed by atoms with van der Waals surface area (Å²) in [7, 11) is 1.29. The number of urea groups is 1. The van der Waals surface area contributed by atoms with Crippen LogP contribution in [0.1, 0.15) is 67.7 Å². The van der Waals surface area contributed by atoms with Crippen LogP contribution in [0.25, 0.3) is 0 Å². The van der Waals surface area contributed by atoms with Crippen LogP contribution in [0, 0.1) is 11.8 Å². The van der Waals surface area contributed by atoms with Gasteiger partial charge in [-0.15, -0.1) is 0 Å². The molecule has 4 atom stereocenters. The SMILES string of the molecule is CC[C@H](C)[C@H](NC(=O)OC(C)(C)C)C(=O)N[C@H](NC(=O)N1CCC[C@H]1C(=O)OC)C(C)C. The summed E-state index contributed by atoms with van der Waals surface area (Å²) in [6, 6.07) is -1.91. The summed E-state index contributed by atoms with van der Waals surface area (Å²) in [5.74, 6) is -1.18. The average Bonchev–Trinajstić information content (AvgIpc) is 3.18. The zero-order valence-corrected chi connectivity index (χ0v) is 20.6. The van der Waals surface area contributed by atoms with Gasteiger partial charge in [0.25, 0.3) is 0 Å². The number of alkyl carbamates (subject to hydrolysis) is 1. The van der Waals surface area contributed by atoms with Crippen molar-refractivity contribution in [2.45, 2.75) is 91.6 Å². The lowest BCUT2D eigenvalue weighted by Gasteiger charge is -2.31. The minimum Gasteiger partial charge on any atom is -0.467 e. The Bertz CT molecular complexity index is 676. The molecule has 10 heteroatoms. The molecule has 1 aliphatic rings. The van der Waals surface area contributed by atoms with Gasteiger partial charge in [0.1, 0.15) is 23.9 Å². The number of methoxy groups -OCH3 is 1. The lowest BCUT2D eigenvalue weighted by atomic mass is 9.98. The monoisotopic (exact) mass is 456 g/mol. The van der Waals surface area contributed by atoms with Gasteiger partial charge in [-0.05, 0) is 45.4 Å². The van der Waals surface area contributed by atoms with Crippen LogP contribution in [0.5, 0.6) is 0 Å². The van der Waals surface area contributed by atoms with Crippen molar-refractivity contribution in [1.29, 1.82) is 0 Å². The third kappa shape index (κ3) is 8.20. The molecule has 4 amide bonds. The molecule has 184 valence electrons. The zero-order chi connectivity index (χ0) is 24.6. The largest absolute Gasteiger partial charge is 0.467 e. The van der Waals surface area contributed by atoms with Gasteiger partial charge in [0.2, 0.25) is 5.91 Å². The Kier molecular flexibility index (Phi) is 10.2. The van der Waals surface area contributed by atoms with Gasteiger partial charge >= 0.3 is 18.1 Å². The van der Waals surface area contributed by atoms with E-state index in [1.807, 2.05) is 27.7 Å². The lowest BCUT2D eigenvalue weighted by Crippen LogP contribution is -2.60. The second kappa shape index (κ2) is 11.9. The molecule has 0 bridgehead atoms. The Morgan fingerprint density at radius 2 is 1.69 bits per heavy atom. The number of likely N-dealkylation sites (tertiary alicyclic amines) is 1. The van der Waals surface area contributed by atoms with Gasteiger partial charge in [-0.1, -0.05) is 34.1 Å². The number of ether oxygens (including phenoxy) is 2. The molecule has 1 fully saturated rings. The lowest BCUT2D eigenvalue weighted by molar-refractivity contribution is -0.145. The fourth-order valence-electron chi connectivity index (χ4n) is 3.36. The molecule has 10 nitrogen and oxygen atoms in total. The van der Waals surface area contributed by atoms with E-state index in [0.717, 1.165) is 0 Å². The minimum atomic E-state index is -0.831. The van der Waals surface area contributed by atoms with E-state index in [9.17, 15) is 19.2 Å². The number of nitrogens with zero attached hydrogens (tertiary/aromatic N) is 1. The third-order valence-electron chi connectivity index (χ3n) is 5.40. The number of hydrogen-bond donors (Lipinski definition) is 3. The van der Waals surface area contributed by atoms with Gasteiger partial charge in [0.05, 0.1) is 7.11 Å². The maximum absolute atomic E-state index is 13.1. The van der Waals surface area contributed by atoms with Crippen molar-refractivity contribution < 1.29 is 28.7 Å². The Morgan fingerprint density at radius 1 is 1.06 bits per heavy atom. The van der Waals surface area contributed by atoms with Crippen molar-refractivity contribution in [2.24, 2.45) is 11.8 Å². The highest BCUT2D eigenvalue weighted by Gasteiger charge is 2.37. The van der Waals surface area contributed by atoms with Crippen molar-refractivity contribution in [1.82, 2.24) is 20.9 Å². The van der Waals surface area contributed by atoms with E-state index in [1.165, 1.54) is 12.0 Å². The molecule has 0 spiro atoms. The molecule has 0 aromatic carbocycles. The van der Waals surface area contributed by atoms with Gasteiger partial charge in [-0.2, -0.15) is 0 Å². The molecule has 0 saturated carbocycles. The van der Waals surface area contributed by atoms with Crippen LogP contribution >= 0.6 is 0 Å². The number of carbonyl (C=O) groups is 4. The van der Waals surface area contributed by atoms with Crippen LogP contribution in [-0.2, 0) is 19.1 Å². The molecule has 0 radical (unpaired) electrons. The van der Waals surface area contributed by atoms with Gasteiger partial charge in [0, 0.05) is 6.54 Å². The topological polar surface area (TPSA) is 126 Å². The molecule has 1 aliphatic heterocycles. The first-order chi connectivity index (χ1) is 14.8. The third-order valence-corrected chi connectivity index (χ3v) is 5.40. The first-order valence-corrected chi connectivity index (χ1v) is 11.3. The molecule has 1 heterocycles. The zero-order valence-electron chi connectivity index (χ0n) is 20.6. The fourth-order valence-corrected chi connectivity index (χ4v) is 3.36. The Labute approximate surface area is 191 Å². The average molecular weight is 457 g/mol. The number of carbonyl (C=O) groups excluding carboxylic acids is 4. The van der Waals surface area contributed by atoms with Crippen molar-refractivity contribution in [3.8, 4) is 0 Å². The molecule has 0 aromatic rings. The highest BCUT2D eigenvalue weighted by molar-refractivity contribution is 5.87. The van der Waals surface area contributed by atoms with Gasteiger partial charge in [-0.25, -0.2) is 14.4 Å². The van der Waals surface area contributed by atoms with Crippen LogP contribution in [0.2, 0.25) is 0 Å². The molecule has 0 aromatic heterocycles. The van der Waals surface area contributed by atoms with E-state index >= 15 is 0 Å². The highest BCUT2D eigenvalue weighted by Crippen LogP contribution is 2.19. The van der Waals surface area contributed by atoms with E-state index in [0.29, 0.717) is 25.8 Å².